The molecule has 86 valence electrons. The standard InChI is InChI=1S/C14H17ClS/c15-13(10-5-6-10)8-7-11-9-16-14-4-2-1-3-12(11)14/h1-4,10-11,13H,5-9H2. The number of hydrogen-bond acceptors (Lipinski definition) is 1. The van der Waals surface area contributed by atoms with E-state index in [4.69, 9.17) is 11.6 Å². The molecule has 1 aliphatic carbocycles. The van der Waals surface area contributed by atoms with E-state index >= 15 is 0 Å². The monoisotopic (exact) mass is 252 g/mol. The second-order valence-corrected chi connectivity index (χ2v) is 6.60. The largest absolute Gasteiger partial charge is 0.125 e. The fourth-order valence-electron chi connectivity index (χ4n) is 2.52. The van der Waals surface area contributed by atoms with Gasteiger partial charge in [0.2, 0.25) is 0 Å². The minimum Gasteiger partial charge on any atom is -0.125 e. The van der Waals surface area contributed by atoms with Gasteiger partial charge in [-0.3, -0.25) is 0 Å². The summed E-state index contributed by atoms with van der Waals surface area (Å²) in [5, 5.41) is 0.442. The number of fused-ring (bicyclic) bond motifs is 1. The van der Waals surface area contributed by atoms with E-state index in [0.29, 0.717) is 5.38 Å². The lowest BCUT2D eigenvalue weighted by atomic mass is 9.95. The van der Waals surface area contributed by atoms with E-state index in [9.17, 15) is 0 Å². The van der Waals surface area contributed by atoms with Gasteiger partial charge in [0.05, 0.1) is 0 Å². The molecule has 1 aliphatic heterocycles. The summed E-state index contributed by atoms with van der Waals surface area (Å²) in [4.78, 5) is 1.49. The van der Waals surface area contributed by atoms with Crippen LogP contribution in [0.2, 0.25) is 0 Å². The van der Waals surface area contributed by atoms with Crippen LogP contribution >= 0.6 is 23.4 Å². The maximum Gasteiger partial charge on any atom is 0.0364 e. The Morgan fingerprint density at radius 1 is 1.31 bits per heavy atom. The van der Waals surface area contributed by atoms with Crippen LogP contribution in [0.3, 0.4) is 0 Å². The van der Waals surface area contributed by atoms with E-state index in [1.807, 2.05) is 11.8 Å². The number of thioether (sulfide) groups is 1. The fourth-order valence-corrected chi connectivity index (χ4v) is 4.20. The molecule has 2 heteroatoms. The molecule has 16 heavy (non-hydrogen) atoms. The Morgan fingerprint density at radius 2 is 2.12 bits per heavy atom. The SMILES string of the molecule is ClC(CCC1CSc2ccccc21)C1CC1. The van der Waals surface area contributed by atoms with Crippen molar-refractivity contribution in [1.29, 1.82) is 0 Å². The molecule has 1 saturated carbocycles. The van der Waals surface area contributed by atoms with Crippen molar-refractivity contribution in [3.63, 3.8) is 0 Å². The lowest BCUT2D eigenvalue weighted by molar-refractivity contribution is 0.587. The van der Waals surface area contributed by atoms with Gasteiger partial charge in [-0.2, -0.15) is 0 Å². The summed E-state index contributed by atoms with van der Waals surface area (Å²) in [5.74, 6) is 2.85. The quantitative estimate of drug-likeness (QED) is 0.702. The zero-order valence-electron chi connectivity index (χ0n) is 9.36. The van der Waals surface area contributed by atoms with Gasteiger partial charge in [-0.1, -0.05) is 18.2 Å². The highest BCUT2D eigenvalue weighted by molar-refractivity contribution is 7.99. The van der Waals surface area contributed by atoms with Crippen LogP contribution in [0.25, 0.3) is 0 Å². The Kier molecular flexibility index (Phi) is 3.17. The first-order valence-electron chi connectivity index (χ1n) is 6.20. The molecule has 3 rings (SSSR count). The highest BCUT2D eigenvalue weighted by atomic mass is 35.5. The lowest BCUT2D eigenvalue weighted by Crippen LogP contribution is -2.05. The van der Waals surface area contributed by atoms with Crippen molar-refractivity contribution in [2.45, 2.75) is 41.9 Å². The number of halogens is 1. The summed E-state index contributed by atoms with van der Waals surface area (Å²) in [6, 6.07) is 8.85. The summed E-state index contributed by atoms with van der Waals surface area (Å²) in [5.41, 5.74) is 1.56. The third-order valence-corrected chi connectivity index (χ3v) is 5.55. The van der Waals surface area contributed by atoms with Crippen LogP contribution in [0, 0.1) is 5.92 Å². The average molecular weight is 253 g/mol. The normalized spacial score (nSPS) is 25.4. The highest BCUT2D eigenvalue weighted by Gasteiger charge is 2.31. The predicted molar refractivity (Wildman–Crippen MR) is 71.5 cm³/mol. The van der Waals surface area contributed by atoms with Crippen molar-refractivity contribution in [2.75, 3.05) is 5.75 Å². The second kappa shape index (κ2) is 4.62. The third kappa shape index (κ3) is 2.26. The molecule has 1 aromatic carbocycles. The highest BCUT2D eigenvalue weighted by Crippen LogP contribution is 2.44. The minimum atomic E-state index is 0.442. The zero-order chi connectivity index (χ0) is 11.0. The molecular weight excluding hydrogens is 236 g/mol. The van der Waals surface area contributed by atoms with Crippen molar-refractivity contribution in [2.24, 2.45) is 5.92 Å². The van der Waals surface area contributed by atoms with Crippen LogP contribution in [-0.2, 0) is 0 Å². The summed E-state index contributed by atoms with van der Waals surface area (Å²) in [7, 11) is 0. The smallest absolute Gasteiger partial charge is 0.0364 e. The minimum absolute atomic E-state index is 0.442. The van der Waals surface area contributed by atoms with Crippen LogP contribution in [-0.4, -0.2) is 11.1 Å². The molecule has 0 bridgehead atoms. The van der Waals surface area contributed by atoms with Crippen molar-refractivity contribution in [1.82, 2.24) is 0 Å². The van der Waals surface area contributed by atoms with Gasteiger partial charge in [0.1, 0.15) is 0 Å². The van der Waals surface area contributed by atoms with Gasteiger partial charge in [-0.05, 0) is 49.1 Å². The molecule has 1 fully saturated rings. The first-order chi connectivity index (χ1) is 7.84. The topological polar surface area (TPSA) is 0 Å². The van der Waals surface area contributed by atoms with Crippen LogP contribution in [0.5, 0.6) is 0 Å². The van der Waals surface area contributed by atoms with Crippen molar-refractivity contribution in [3.05, 3.63) is 29.8 Å². The summed E-state index contributed by atoms with van der Waals surface area (Å²) in [6.45, 7) is 0. The lowest BCUT2D eigenvalue weighted by Gasteiger charge is -2.13. The number of alkyl halides is 1. The first kappa shape index (κ1) is 11.0. The Bertz CT molecular complexity index is 373. The Hall–Kier alpha value is -0.140. The van der Waals surface area contributed by atoms with E-state index in [-0.39, 0.29) is 0 Å². The summed E-state index contributed by atoms with van der Waals surface area (Å²) in [6.07, 6.45) is 5.20. The van der Waals surface area contributed by atoms with E-state index in [2.05, 4.69) is 24.3 Å². The molecule has 0 nitrogen and oxygen atoms in total. The molecule has 0 N–H and O–H groups in total. The average Bonchev–Trinajstić information content (AvgIpc) is 3.08. The van der Waals surface area contributed by atoms with Crippen LogP contribution in [0.4, 0.5) is 0 Å². The van der Waals surface area contributed by atoms with Crippen molar-refractivity contribution < 1.29 is 0 Å². The van der Waals surface area contributed by atoms with Crippen molar-refractivity contribution >= 4 is 23.4 Å². The van der Waals surface area contributed by atoms with E-state index in [1.54, 1.807) is 5.56 Å². The van der Waals surface area contributed by atoms with Crippen LogP contribution < -0.4 is 0 Å². The third-order valence-electron chi connectivity index (χ3n) is 3.72. The maximum atomic E-state index is 6.38. The predicted octanol–water partition coefficient (Wildman–Crippen LogP) is 4.67. The number of hydrogen-bond donors (Lipinski definition) is 0. The Labute approximate surface area is 107 Å². The molecule has 1 aromatic rings. The van der Waals surface area contributed by atoms with E-state index < -0.39 is 0 Å². The molecule has 0 aromatic heterocycles. The first-order valence-corrected chi connectivity index (χ1v) is 7.62. The van der Waals surface area contributed by atoms with Gasteiger partial charge in [0.15, 0.2) is 0 Å². The summed E-state index contributed by atoms with van der Waals surface area (Å²) < 4.78 is 0. The molecule has 0 saturated heterocycles. The fraction of sp³-hybridized carbons (Fsp3) is 0.571. The van der Waals surface area contributed by atoms with Gasteiger partial charge < -0.3 is 0 Å². The van der Waals surface area contributed by atoms with E-state index in [1.165, 1.54) is 36.3 Å². The van der Waals surface area contributed by atoms with Gasteiger partial charge >= 0.3 is 0 Å². The molecule has 2 unspecified atom stereocenters. The Balaban J connectivity index is 1.60. The van der Waals surface area contributed by atoms with Gasteiger partial charge in [0.25, 0.3) is 0 Å². The molecular formula is C14H17ClS. The molecule has 0 amide bonds. The van der Waals surface area contributed by atoms with Crippen LogP contribution in [0.1, 0.15) is 37.2 Å². The number of benzene rings is 1. The van der Waals surface area contributed by atoms with Gasteiger partial charge in [-0.25, -0.2) is 0 Å². The van der Waals surface area contributed by atoms with Crippen LogP contribution in [0.15, 0.2) is 29.2 Å². The van der Waals surface area contributed by atoms with Gasteiger partial charge in [0, 0.05) is 16.0 Å². The molecule has 0 spiro atoms. The molecule has 2 atom stereocenters. The molecule has 1 heterocycles. The number of rotatable bonds is 4. The van der Waals surface area contributed by atoms with Crippen molar-refractivity contribution in [3.8, 4) is 0 Å². The molecule has 2 aliphatic rings. The molecule has 0 radical (unpaired) electrons. The maximum absolute atomic E-state index is 6.38. The summed E-state index contributed by atoms with van der Waals surface area (Å²) >= 11 is 8.39. The van der Waals surface area contributed by atoms with Gasteiger partial charge in [-0.15, -0.1) is 23.4 Å². The Morgan fingerprint density at radius 3 is 2.94 bits per heavy atom. The second-order valence-electron chi connectivity index (χ2n) is 4.98. The zero-order valence-corrected chi connectivity index (χ0v) is 10.9. The van der Waals surface area contributed by atoms with E-state index in [0.717, 1.165) is 11.8 Å².